The van der Waals surface area contributed by atoms with Gasteiger partial charge in [-0.05, 0) is 6.07 Å². The van der Waals surface area contributed by atoms with Crippen LogP contribution in [-0.2, 0) is 11.8 Å². The molecule has 0 spiro atoms. The molecule has 0 saturated carbocycles. The predicted octanol–water partition coefficient (Wildman–Crippen LogP) is 0.755. The van der Waals surface area contributed by atoms with Crippen molar-refractivity contribution >= 4 is 28.3 Å². The zero-order valence-corrected chi connectivity index (χ0v) is 9.41. The highest BCUT2D eigenvalue weighted by Crippen LogP contribution is 2.25. The Labute approximate surface area is 101 Å². The Morgan fingerprint density at radius 2 is 2.06 bits per heavy atom. The molecule has 1 aromatic carbocycles. The van der Waals surface area contributed by atoms with Gasteiger partial charge in [-0.1, -0.05) is 0 Å². The van der Waals surface area contributed by atoms with E-state index >= 15 is 0 Å². The number of nitro benzene ring substituents is 1. The minimum absolute atomic E-state index is 0.0817. The molecule has 0 unspecified atom stereocenters. The van der Waals surface area contributed by atoms with Crippen molar-refractivity contribution in [2.45, 2.75) is 0 Å². The van der Waals surface area contributed by atoms with Crippen LogP contribution in [0, 0.1) is 10.1 Å². The summed E-state index contributed by atoms with van der Waals surface area (Å²) in [5.41, 5.74) is 5.50. The molecule has 0 fully saturated rings. The first-order valence-corrected chi connectivity index (χ1v) is 4.99. The number of rotatable bonds is 3. The smallest absolute Gasteiger partial charge is 0.289 e. The zero-order chi connectivity index (χ0) is 13.4. The van der Waals surface area contributed by atoms with E-state index in [9.17, 15) is 19.7 Å². The molecule has 18 heavy (non-hydrogen) atoms. The molecule has 1 aromatic heterocycles. The first-order chi connectivity index (χ1) is 8.41. The largest absolute Gasteiger partial charge is 0.363 e. The van der Waals surface area contributed by atoms with E-state index in [1.165, 1.54) is 24.4 Å². The molecule has 0 bridgehead atoms. The molecule has 0 aliphatic carbocycles. The number of Topliss-reactive ketones (excluding diaryl/α,β-unsaturated/α-hetero) is 1. The number of nitrogens with two attached hydrogens (primary N) is 1. The van der Waals surface area contributed by atoms with Crippen molar-refractivity contribution in [2.75, 3.05) is 0 Å². The highest BCUT2D eigenvalue weighted by Gasteiger charge is 2.19. The minimum atomic E-state index is -1.05. The Balaban J connectivity index is 2.70. The molecule has 7 nitrogen and oxygen atoms in total. The van der Waals surface area contributed by atoms with E-state index < -0.39 is 16.6 Å². The number of fused-ring (bicyclic) bond motifs is 1. The van der Waals surface area contributed by atoms with E-state index in [0.717, 1.165) is 0 Å². The van der Waals surface area contributed by atoms with E-state index in [4.69, 9.17) is 5.73 Å². The second-order valence-electron chi connectivity index (χ2n) is 3.81. The highest BCUT2D eigenvalue weighted by molar-refractivity contribution is 6.44. The topological polar surface area (TPSA) is 108 Å². The maximum absolute atomic E-state index is 11.6. The van der Waals surface area contributed by atoms with Gasteiger partial charge in [-0.25, -0.2) is 0 Å². The Kier molecular flexibility index (Phi) is 2.59. The summed E-state index contributed by atoms with van der Waals surface area (Å²) in [5, 5.41) is 11.1. The van der Waals surface area contributed by atoms with E-state index in [1.807, 2.05) is 0 Å². The van der Waals surface area contributed by atoms with Crippen molar-refractivity contribution in [1.29, 1.82) is 0 Å². The van der Waals surface area contributed by atoms with Crippen LogP contribution >= 0.6 is 0 Å². The van der Waals surface area contributed by atoms with Gasteiger partial charge in [0.2, 0.25) is 0 Å². The molecule has 0 saturated heterocycles. The normalized spacial score (nSPS) is 10.5. The van der Waals surface area contributed by atoms with E-state index in [1.54, 1.807) is 11.6 Å². The monoisotopic (exact) mass is 247 g/mol. The fourth-order valence-corrected chi connectivity index (χ4v) is 1.80. The molecular weight excluding hydrogens is 238 g/mol. The van der Waals surface area contributed by atoms with Gasteiger partial charge in [-0.15, -0.1) is 0 Å². The van der Waals surface area contributed by atoms with Gasteiger partial charge in [0.05, 0.1) is 16.0 Å². The van der Waals surface area contributed by atoms with Crippen molar-refractivity contribution in [3.05, 3.63) is 40.1 Å². The number of nitrogens with zero attached hydrogens (tertiary/aromatic N) is 2. The number of carbonyl (C=O) groups excluding carboxylic acids is 2. The van der Waals surface area contributed by atoms with Crippen LogP contribution < -0.4 is 5.73 Å². The van der Waals surface area contributed by atoms with Gasteiger partial charge in [0, 0.05) is 30.8 Å². The number of primary amides is 1. The lowest BCUT2D eigenvalue weighted by Crippen LogP contribution is -2.22. The second-order valence-corrected chi connectivity index (χ2v) is 3.81. The van der Waals surface area contributed by atoms with Gasteiger partial charge in [-0.3, -0.25) is 19.7 Å². The Morgan fingerprint density at radius 1 is 1.39 bits per heavy atom. The molecule has 1 amide bonds. The third-order valence-corrected chi connectivity index (χ3v) is 2.65. The molecule has 2 rings (SSSR count). The number of ketones is 1. The van der Waals surface area contributed by atoms with E-state index in [0.29, 0.717) is 10.9 Å². The van der Waals surface area contributed by atoms with Crippen LogP contribution in [0.25, 0.3) is 10.9 Å². The fraction of sp³-hybridized carbons (Fsp3) is 0.0909. The lowest BCUT2D eigenvalue weighted by molar-refractivity contribution is -0.384. The summed E-state index contributed by atoms with van der Waals surface area (Å²) in [6, 6.07) is 4.05. The number of hydrogen-bond acceptors (Lipinski definition) is 4. The SMILES string of the molecule is Cn1cc(C(=O)C(N)=O)c2ccc([N+](=O)[O-])cc21. The van der Waals surface area contributed by atoms with Crippen molar-refractivity contribution in [3.8, 4) is 0 Å². The molecule has 0 aliphatic heterocycles. The average molecular weight is 247 g/mol. The maximum atomic E-state index is 11.6. The quantitative estimate of drug-likeness (QED) is 0.373. The van der Waals surface area contributed by atoms with E-state index in [2.05, 4.69) is 0 Å². The van der Waals surface area contributed by atoms with Gasteiger partial charge in [0.15, 0.2) is 0 Å². The first kappa shape index (κ1) is 11.8. The molecule has 0 atom stereocenters. The fourth-order valence-electron chi connectivity index (χ4n) is 1.80. The number of benzene rings is 1. The van der Waals surface area contributed by atoms with Crippen molar-refractivity contribution in [2.24, 2.45) is 12.8 Å². The van der Waals surface area contributed by atoms with Crippen LogP contribution in [0.3, 0.4) is 0 Å². The number of aryl methyl sites for hydroxylation is 1. The van der Waals surface area contributed by atoms with Crippen LogP contribution in [0.4, 0.5) is 5.69 Å². The molecule has 0 radical (unpaired) electrons. The Hall–Kier alpha value is -2.70. The number of hydrogen-bond donors (Lipinski definition) is 1. The summed E-state index contributed by atoms with van der Waals surface area (Å²) < 4.78 is 1.54. The third kappa shape index (κ3) is 1.71. The summed E-state index contributed by atoms with van der Waals surface area (Å²) >= 11 is 0. The summed E-state index contributed by atoms with van der Waals surface area (Å²) in [7, 11) is 1.63. The van der Waals surface area contributed by atoms with Crippen LogP contribution in [0.5, 0.6) is 0 Å². The summed E-state index contributed by atoms with van der Waals surface area (Å²) in [6.45, 7) is 0. The molecular formula is C11H9N3O4. The number of non-ortho nitro benzene ring substituents is 1. The average Bonchev–Trinajstić information content (AvgIpc) is 2.65. The van der Waals surface area contributed by atoms with Gasteiger partial charge >= 0.3 is 0 Å². The van der Waals surface area contributed by atoms with Gasteiger partial charge in [0.25, 0.3) is 17.4 Å². The highest BCUT2D eigenvalue weighted by atomic mass is 16.6. The number of aromatic nitrogens is 1. The minimum Gasteiger partial charge on any atom is -0.363 e. The van der Waals surface area contributed by atoms with Crippen LogP contribution in [0.2, 0.25) is 0 Å². The van der Waals surface area contributed by atoms with Crippen molar-refractivity contribution < 1.29 is 14.5 Å². The summed E-state index contributed by atoms with van der Waals surface area (Å²) in [4.78, 5) is 32.6. The molecule has 7 heteroatoms. The lowest BCUT2D eigenvalue weighted by Gasteiger charge is -1.96. The van der Waals surface area contributed by atoms with E-state index in [-0.39, 0.29) is 11.3 Å². The summed E-state index contributed by atoms with van der Waals surface area (Å²) in [5.74, 6) is -1.87. The number of carbonyl (C=O) groups is 2. The van der Waals surface area contributed by atoms with Gasteiger partial charge < -0.3 is 10.3 Å². The Bertz CT molecular complexity index is 687. The zero-order valence-electron chi connectivity index (χ0n) is 9.41. The molecule has 92 valence electrons. The number of amides is 1. The van der Waals surface area contributed by atoms with Gasteiger partial charge in [0.1, 0.15) is 0 Å². The van der Waals surface area contributed by atoms with Crippen molar-refractivity contribution in [3.63, 3.8) is 0 Å². The van der Waals surface area contributed by atoms with Crippen LogP contribution in [-0.4, -0.2) is 21.2 Å². The maximum Gasteiger partial charge on any atom is 0.289 e. The second kappa shape index (κ2) is 3.95. The Morgan fingerprint density at radius 3 is 2.61 bits per heavy atom. The third-order valence-electron chi connectivity index (χ3n) is 2.65. The molecule has 1 heterocycles. The number of nitro groups is 1. The first-order valence-electron chi connectivity index (χ1n) is 4.99. The molecule has 2 N–H and O–H groups in total. The van der Waals surface area contributed by atoms with Gasteiger partial charge in [-0.2, -0.15) is 0 Å². The predicted molar refractivity (Wildman–Crippen MR) is 63.1 cm³/mol. The van der Waals surface area contributed by atoms with Crippen molar-refractivity contribution in [1.82, 2.24) is 4.57 Å². The lowest BCUT2D eigenvalue weighted by atomic mass is 10.1. The molecule has 2 aromatic rings. The van der Waals surface area contributed by atoms with Crippen LogP contribution in [0.1, 0.15) is 10.4 Å². The molecule has 0 aliphatic rings. The summed E-state index contributed by atoms with van der Waals surface area (Å²) in [6.07, 6.45) is 1.43. The standard InChI is InChI=1S/C11H9N3O4/c1-13-5-8(10(15)11(12)16)7-3-2-6(14(17)18)4-9(7)13/h2-5H,1H3,(H2,12,16). The van der Waals surface area contributed by atoms with Crippen LogP contribution in [0.15, 0.2) is 24.4 Å².